The molecule has 0 aliphatic rings. The van der Waals surface area contributed by atoms with E-state index in [2.05, 4.69) is 25.9 Å². The number of amides is 2. The van der Waals surface area contributed by atoms with Gasteiger partial charge < -0.3 is 31.7 Å². The summed E-state index contributed by atoms with van der Waals surface area (Å²) in [5.74, 6) is -1.28. The smallest absolute Gasteiger partial charge is 0.426 e. The highest BCUT2D eigenvalue weighted by Gasteiger charge is 2.30. The Morgan fingerprint density at radius 1 is 1.28 bits per heavy atom. The molecule has 0 saturated heterocycles. The van der Waals surface area contributed by atoms with Crippen LogP contribution < -0.4 is 21.7 Å². The summed E-state index contributed by atoms with van der Waals surface area (Å²) in [6.45, 7) is 4.30. The van der Waals surface area contributed by atoms with Gasteiger partial charge in [-0.05, 0) is 43.4 Å². The van der Waals surface area contributed by atoms with Gasteiger partial charge in [-0.1, -0.05) is 13.8 Å². The van der Waals surface area contributed by atoms with Gasteiger partial charge in [-0.2, -0.15) is 0 Å². The van der Waals surface area contributed by atoms with Crippen molar-refractivity contribution in [3.63, 3.8) is 0 Å². The number of thiazole rings is 1. The van der Waals surface area contributed by atoms with Crippen LogP contribution in [0.25, 0.3) is 10.2 Å². The number of fused-ring (bicyclic) bond motifs is 1. The highest BCUT2D eigenvalue weighted by molar-refractivity contribution is 7.16. The molecule has 1 aromatic carbocycles. The number of hydrogen-bond donors (Lipinski definition) is 6. The third-order valence-electron chi connectivity index (χ3n) is 4.84. The Hall–Kier alpha value is -2.70. The molecule has 32 heavy (non-hydrogen) atoms. The molecule has 12 heteroatoms. The third kappa shape index (κ3) is 7.77. The Bertz CT molecular complexity index is 936. The molecule has 7 N–H and O–H groups in total. The first-order chi connectivity index (χ1) is 15.2. The summed E-state index contributed by atoms with van der Waals surface area (Å²) in [7, 11) is -0.137. The molecule has 1 heterocycles. The van der Waals surface area contributed by atoms with E-state index in [9.17, 15) is 19.6 Å². The van der Waals surface area contributed by atoms with Crippen LogP contribution in [0, 0.1) is 5.92 Å². The number of rotatable bonds is 11. The first-order valence-electron chi connectivity index (χ1n) is 10.5. The minimum atomic E-state index is -1.70. The molecule has 0 aliphatic heterocycles. The van der Waals surface area contributed by atoms with Crippen LogP contribution in [0.15, 0.2) is 28.7 Å². The van der Waals surface area contributed by atoms with Gasteiger partial charge in [0.1, 0.15) is 6.04 Å². The van der Waals surface area contributed by atoms with Gasteiger partial charge in [-0.15, -0.1) is 11.3 Å². The number of aliphatic imine (C=N–C) groups is 1. The van der Waals surface area contributed by atoms with Crippen molar-refractivity contribution in [1.82, 2.24) is 20.9 Å². The average Bonchev–Trinajstić information content (AvgIpc) is 3.22. The maximum Gasteiger partial charge on any atom is 0.475 e. The number of aromatic nitrogens is 1. The summed E-state index contributed by atoms with van der Waals surface area (Å²) in [5.41, 5.74) is 8.54. The Kier molecular flexibility index (Phi) is 9.88. The molecule has 10 nitrogen and oxygen atoms in total. The van der Waals surface area contributed by atoms with E-state index in [4.69, 9.17) is 5.73 Å². The van der Waals surface area contributed by atoms with Crippen LogP contribution in [0.2, 0.25) is 0 Å². The van der Waals surface area contributed by atoms with Gasteiger partial charge in [0.15, 0.2) is 5.96 Å². The molecule has 1 aromatic heterocycles. The van der Waals surface area contributed by atoms with Crippen LogP contribution >= 0.6 is 11.3 Å². The van der Waals surface area contributed by atoms with Gasteiger partial charge in [0.05, 0.1) is 21.7 Å². The van der Waals surface area contributed by atoms with Crippen molar-refractivity contribution in [3.8, 4) is 0 Å². The second kappa shape index (κ2) is 12.4. The Morgan fingerprint density at radius 2 is 2.03 bits per heavy atom. The Morgan fingerprint density at radius 3 is 2.69 bits per heavy atom. The molecule has 0 bridgehead atoms. The number of carbonyl (C=O) groups excluding carboxylic acids is 2. The van der Waals surface area contributed by atoms with E-state index in [-0.39, 0.29) is 11.9 Å². The fourth-order valence-electron chi connectivity index (χ4n) is 3.15. The van der Waals surface area contributed by atoms with E-state index in [0.717, 1.165) is 10.2 Å². The number of carbonyl (C=O) groups is 2. The zero-order valence-electron chi connectivity index (χ0n) is 18.5. The van der Waals surface area contributed by atoms with Gasteiger partial charge >= 0.3 is 7.12 Å². The van der Waals surface area contributed by atoms with E-state index in [1.165, 1.54) is 11.3 Å². The molecule has 0 unspecified atom stereocenters. The molecular formula is C20H31BN6O4S. The number of benzene rings is 1. The second-order valence-electron chi connectivity index (χ2n) is 7.90. The number of nitrogens with two attached hydrogens (primary N) is 1. The fourth-order valence-corrected chi connectivity index (χ4v) is 3.87. The van der Waals surface area contributed by atoms with Crippen LogP contribution in [-0.2, 0) is 4.79 Å². The minimum Gasteiger partial charge on any atom is -0.426 e. The number of nitrogens with zero attached hydrogens (tertiary/aromatic N) is 2. The van der Waals surface area contributed by atoms with Crippen LogP contribution in [0.5, 0.6) is 0 Å². The molecule has 2 rings (SSSR count). The first kappa shape index (κ1) is 25.6. The SMILES string of the molecule is CN=C(N)NCCC[C@H](NC(=O)c1ccc2ncsc2c1)C(=O)N[C@@H](CC(C)C)B(O)O. The van der Waals surface area contributed by atoms with E-state index < -0.39 is 30.9 Å². The molecule has 2 atom stereocenters. The van der Waals surface area contributed by atoms with Crippen molar-refractivity contribution in [2.75, 3.05) is 13.6 Å². The van der Waals surface area contributed by atoms with E-state index in [1.54, 1.807) is 30.8 Å². The van der Waals surface area contributed by atoms with E-state index in [0.29, 0.717) is 31.4 Å². The summed E-state index contributed by atoms with van der Waals surface area (Å²) in [6.07, 6.45) is 1.23. The molecule has 2 aromatic rings. The summed E-state index contributed by atoms with van der Waals surface area (Å²) < 4.78 is 0.873. The molecule has 0 spiro atoms. The average molecular weight is 462 g/mol. The lowest BCUT2D eigenvalue weighted by atomic mass is 9.75. The summed E-state index contributed by atoms with van der Waals surface area (Å²) in [6, 6.07) is 4.28. The quantitative estimate of drug-likeness (QED) is 0.121. The lowest BCUT2D eigenvalue weighted by Crippen LogP contribution is -2.54. The van der Waals surface area contributed by atoms with Crippen LogP contribution in [0.4, 0.5) is 0 Å². The van der Waals surface area contributed by atoms with Crippen molar-refractivity contribution in [2.45, 2.75) is 45.1 Å². The van der Waals surface area contributed by atoms with Crippen LogP contribution in [0.1, 0.15) is 43.5 Å². The minimum absolute atomic E-state index is 0.141. The summed E-state index contributed by atoms with van der Waals surface area (Å²) in [4.78, 5) is 33.8. The third-order valence-corrected chi connectivity index (χ3v) is 5.64. The fraction of sp³-hybridized carbons (Fsp3) is 0.500. The second-order valence-corrected chi connectivity index (χ2v) is 8.78. The van der Waals surface area contributed by atoms with Crippen molar-refractivity contribution in [3.05, 3.63) is 29.3 Å². The molecular weight excluding hydrogens is 431 g/mol. The van der Waals surface area contributed by atoms with Crippen molar-refractivity contribution in [2.24, 2.45) is 16.6 Å². The maximum absolute atomic E-state index is 12.9. The molecule has 0 fully saturated rings. The molecule has 0 radical (unpaired) electrons. The molecule has 0 aliphatic carbocycles. The number of nitrogens with one attached hydrogen (secondary N) is 3. The highest BCUT2D eigenvalue weighted by Crippen LogP contribution is 2.19. The van der Waals surface area contributed by atoms with Gasteiger partial charge in [-0.25, -0.2) is 4.98 Å². The maximum atomic E-state index is 12.9. The topological polar surface area (TPSA) is 162 Å². The van der Waals surface area contributed by atoms with Crippen LogP contribution in [0.3, 0.4) is 0 Å². The zero-order chi connectivity index (χ0) is 23.7. The Labute approximate surface area is 191 Å². The van der Waals surface area contributed by atoms with Crippen molar-refractivity contribution >= 4 is 46.4 Å². The monoisotopic (exact) mass is 462 g/mol. The highest BCUT2D eigenvalue weighted by atomic mass is 32.1. The number of hydrogen-bond acceptors (Lipinski definition) is 7. The van der Waals surface area contributed by atoms with E-state index in [1.807, 2.05) is 13.8 Å². The van der Waals surface area contributed by atoms with Crippen molar-refractivity contribution in [1.29, 1.82) is 0 Å². The predicted octanol–water partition coefficient (Wildman–Crippen LogP) is 0.252. The molecule has 0 saturated carbocycles. The summed E-state index contributed by atoms with van der Waals surface area (Å²) >= 11 is 1.43. The predicted molar refractivity (Wildman–Crippen MR) is 127 cm³/mol. The van der Waals surface area contributed by atoms with Gasteiger partial charge in [0.25, 0.3) is 5.91 Å². The largest absolute Gasteiger partial charge is 0.475 e. The van der Waals surface area contributed by atoms with Gasteiger partial charge in [-0.3, -0.25) is 14.6 Å². The Balaban J connectivity index is 2.10. The van der Waals surface area contributed by atoms with Crippen LogP contribution in [-0.4, -0.2) is 65.5 Å². The lowest BCUT2D eigenvalue weighted by Gasteiger charge is -2.24. The first-order valence-corrected chi connectivity index (χ1v) is 11.4. The molecule has 2 amide bonds. The number of guanidine groups is 1. The lowest BCUT2D eigenvalue weighted by molar-refractivity contribution is -0.123. The molecule has 174 valence electrons. The summed E-state index contributed by atoms with van der Waals surface area (Å²) in [5, 5.41) is 27.6. The van der Waals surface area contributed by atoms with Gasteiger partial charge in [0, 0.05) is 19.2 Å². The van der Waals surface area contributed by atoms with Crippen molar-refractivity contribution < 1.29 is 19.6 Å². The standard InChI is InChI=1S/C20H31BN6O4S/c1-12(2)9-17(21(30)31)27-19(29)15(5-4-8-24-20(22)23-3)26-18(28)13-6-7-14-16(10-13)32-11-25-14/h6-7,10-12,15,17,30-31H,4-5,8-9H2,1-3H3,(H,26,28)(H,27,29)(H3,22,23,24)/t15-,17-/m0/s1. The normalized spacial score (nSPS) is 13.6. The van der Waals surface area contributed by atoms with E-state index >= 15 is 0 Å². The van der Waals surface area contributed by atoms with Gasteiger partial charge in [0.2, 0.25) is 5.91 Å². The zero-order valence-corrected chi connectivity index (χ0v) is 19.4.